The summed E-state index contributed by atoms with van der Waals surface area (Å²) in [6.07, 6.45) is 12.9. The first-order valence-corrected chi connectivity index (χ1v) is 6.82. The van der Waals surface area contributed by atoms with Crippen molar-refractivity contribution in [2.75, 3.05) is 6.61 Å². The summed E-state index contributed by atoms with van der Waals surface area (Å²) in [6.45, 7) is 8.14. The second-order valence-corrected chi connectivity index (χ2v) is 5.29. The molecule has 0 aromatic rings. The Hall–Kier alpha value is -0.760. The van der Waals surface area contributed by atoms with Gasteiger partial charge >= 0.3 is 0 Å². The molecule has 2 fully saturated rings. The first kappa shape index (κ1) is 12.7. The first-order valence-electron chi connectivity index (χ1n) is 6.82. The van der Waals surface area contributed by atoms with E-state index in [-0.39, 0.29) is 11.2 Å². The highest BCUT2D eigenvalue weighted by atomic mass is 16.6. The van der Waals surface area contributed by atoms with Crippen LogP contribution in [0.2, 0.25) is 0 Å². The molecule has 2 saturated carbocycles. The van der Waals surface area contributed by atoms with Gasteiger partial charge in [-0.2, -0.15) is 0 Å². The Kier molecular flexibility index (Phi) is 3.93. The van der Waals surface area contributed by atoms with E-state index in [1.807, 2.05) is 6.08 Å². The number of hydrogen-bond donors (Lipinski definition) is 0. The van der Waals surface area contributed by atoms with E-state index in [2.05, 4.69) is 13.2 Å². The van der Waals surface area contributed by atoms with Gasteiger partial charge in [0.1, 0.15) is 11.2 Å². The van der Waals surface area contributed by atoms with Gasteiger partial charge in [0.25, 0.3) is 0 Å². The average molecular weight is 236 g/mol. The SMILES string of the molecule is C=CCOC1(C2(OC=C)CCCC2)CCCC1. The van der Waals surface area contributed by atoms with Crippen LogP contribution in [0, 0.1) is 0 Å². The van der Waals surface area contributed by atoms with Crippen molar-refractivity contribution in [1.82, 2.24) is 0 Å². The van der Waals surface area contributed by atoms with E-state index in [0.717, 1.165) is 25.7 Å². The van der Waals surface area contributed by atoms with E-state index < -0.39 is 0 Å². The summed E-state index contributed by atoms with van der Waals surface area (Å²) >= 11 is 0. The van der Waals surface area contributed by atoms with Crippen LogP contribution < -0.4 is 0 Å². The van der Waals surface area contributed by atoms with Gasteiger partial charge in [-0.1, -0.05) is 25.5 Å². The molecule has 0 aliphatic heterocycles. The lowest BCUT2D eigenvalue weighted by molar-refractivity contribution is -0.176. The zero-order valence-corrected chi connectivity index (χ0v) is 10.7. The van der Waals surface area contributed by atoms with Gasteiger partial charge < -0.3 is 9.47 Å². The largest absolute Gasteiger partial charge is 0.492 e. The molecule has 2 aliphatic rings. The fourth-order valence-electron chi connectivity index (χ4n) is 3.68. The molecule has 0 unspecified atom stereocenters. The van der Waals surface area contributed by atoms with Crippen LogP contribution in [0.5, 0.6) is 0 Å². The quantitative estimate of drug-likeness (QED) is 0.513. The Balaban J connectivity index is 2.22. The van der Waals surface area contributed by atoms with Gasteiger partial charge in [-0.15, -0.1) is 6.58 Å². The van der Waals surface area contributed by atoms with Gasteiger partial charge in [0, 0.05) is 0 Å². The molecule has 0 N–H and O–H groups in total. The molecule has 0 amide bonds. The van der Waals surface area contributed by atoms with Crippen molar-refractivity contribution < 1.29 is 9.47 Å². The van der Waals surface area contributed by atoms with Gasteiger partial charge in [0.2, 0.25) is 0 Å². The van der Waals surface area contributed by atoms with Crippen LogP contribution in [-0.2, 0) is 9.47 Å². The number of rotatable bonds is 6. The second-order valence-electron chi connectivity index (χ2n) is 5.29. The summed E-state index contributed by atoms with van der Waals surface area (Å²) in [5.41, 5.74) is -0.208. The normalized spacial score (nSPS) is 25.6. The summed E-state index contributed by atoms with van der Waals surface area (Å²) < 4.78 is 12.2. The molecule has 2 nitrogen and oxygen atoms in total. The molecule has 17 heavy (non-hydrogen) atoms. The molecule has 2 rings (SSSR count). The zero-order chi connectivity index (χ0) is 12.2. The van der Waals surface area contributed by atoms with Crippen molar-refractivity contribution in [1.29, 1.82) is 0 Å². The lowest BCUT2D eigenvalue weighted by Crippen LogP contribution is -2.53. The highest BCUT2D eigenvalue weighted by Crippen LogP contribution is 2.51. The third-order valence-electron chi connectivity index (χ3n) is 4.44. The molecule has 0 saturated heterocycles. The predicted molar refractivity (Wildman–Crippen MR) is 69.8 cm³/mol. The fraction of sp³-hybridized carbons (Fsp3) is 0.733. The summed E-state index contributed by atoms with van der Waals surface area (Å²) in [5, 5.41) is 0. The molecule has 0 bridgehead atoms. The maximum atomic E-state index is 6.19. The highest BCUT2D eigenvalue weighted by molar-refractivity contribution is 5.08. The number of ether oxygens (including phenoxy) is 2. The fourth-order valence-corrected chi connectivity index (χ4v) is 3.68. The minimum absolute atomic E-state index is 0.0914. The molecule has 2 aliphatic carbocycles. The van der Waals surface area contributed by atoms with Crippen molar-refractivity contribution in [3.63, 3.8) is 0 Å². The van der Waals surface area contributed by atoms with Crippen LogP contribution in [0.25, 0.3) is 0 Å². The van der Waals surface area contributed by atoms with Gasteiger partial charge in [0.05, 0.1) is 12.9 Å². The molecule has 0 atom stereocenters. The van der Waals surface area contributed by atoms with Gasteiger partial charge in [-0.3, -0.25) is 0 Å². The topological polar surface area (TPSA) is 18.5 Å². The Morgan fingerprint density at radius 1 is 0.882 bits per heavy atom. The van der Waals surface area contributed by atoms with Crippen molar-refractivity contribution >= 4 is 0 Å². The average Bonchev–Trinajstić information content (AvgIpc) is 2.97. The van der Waals surface area contributed by atoms with E-state index in [9.17, 15) is 0 Å². The minimum atomic E-state index is -0.117. The molecular weight excluding hydrogens is 212 g/mol. The van der Waals surface area contributed by atoms with Gasteiger partial charge in [-0.25, -0.2) is 0 Å². The van der Waals surface area contributed by atoms with E-state index in [0.29, 0.717) is 6.61 Å². The summed E-state index contributed by atoms with van der Waals surface area (Å²) in [4.78, 5) is 0. The smallest absolute Gasteiger partial charge is 0.137 e. The van der Waals surface area contributed by atoms with Crippen LogP contribution in [-0.4, -0.2) is 17.8 Å². The molecule has 2 heteroatoms. The van der Waals surface area contributed by atoms with Crippen LogP contribution in [0.15, 0.2) is 25.5 Å². The first-order chi connectivity index (χ1) is 8.29. The van der Waals surface area contributed by atoms with E-state index >= 15 is 0 Å². The van der Waals surface area contributed by atoms with Gasteiger partial charge in [-0.05, 0) is 38.5 Å². The molecule has 0 aromatic carbocycles. The predicted octanol–water partition coefficient (Wildman–Crippen LogP) is 3.97. The third-order valence-corrected chi connectivity index (χ3v) is 4.44. The zero-order valence-electron chi connectivity index (χ0n) is 10.7. The molecule has 0 spiro atoms. The maximum Gasteiger partial charge on any atom is 0.137 e. The van der Waals surface area contributed by atoms with Crippen molar-refractivity contribution in [2.45, 2.75) is 62.6 Å². The lowest BCUT2D eigenvalue weighted by Gasteiger charge is -2.45. The Morgan fingerprint density at radius 2 is 1.41 bits per heavy atom. The second kappa shape index (κ2) is 5.26. The summed E-state index contributed by atoms with van der Waals surface area (Å²) in [5.74, 6) is 0. The van der Waals surface area contributed by atoms with Crippen LogP contribution in [0.3, 0.4) is 0 Å². The summed E-state index contributed by atoms with van der Waals surface area (Å²) in [7, 11) is 0. The number of hydrogen-bond acceptors (Lipinski definition) is 2. The van der Waals surface area contributed by atoms with E-state index in [1.54, 1.807) is 6.26 Å². The maximum absolute atomic E-state index is 6.19. The van der Waals surface area contributed by atoms with Crippen molar-refractivity contribution in [2.24, 2.45) is 0 Å². The third kappa shape index (κ3) is 2.15. The Bertz CT molecular complexity index is 271. The molecule has 0 radical (unpaired) electrons. The van der Waals surface area contributed by atoms with Crippen LogP contribution in [0.4, 0.5) is 0 Å². The monoisotopic (exact) mass is 236 g/mol. The van der Waals surface area contributed by atoms with Crippen molar-refractivity contribution in [3.05, 3.63) is 25.5 Å². The van der Waals surface area contributed by atoms with Gasteiger partial charge in [0.15, 0.2) is 0 Å². The molecule has 96 valence electrons. The standard InChI is InChI=1S/C15H24O2/c1-3-13-17-15(11-7-8-12-15)14(16-4-2)9-5-6-10-14/h3-4H,1-2,5-13H2. The summed E-state index contributed by atoms with van der Waals surface area (Å²) in [6, 6.07) is 0. The Labute approximate surface area is 105 Å². The van der Waals surface area contributed by atoms with Crippen LogP contribution >= 0.6 is 0 Å². The molecule has 0 aromatic heterocycles. The Morgan fingerprint density at radius 3 is 1.88 bits per heavy atom. The molecular formula is C15H24O2. The highest BCUT2D eigenvalue weighted by Gasteiger charge is 2.56. The van der Waals surface area contributed by atoms with E-state index in [1.165, 1.54) is 25.7 Å². The molecule has 0 heterocycles. The van der Waals surface area contributed by atoms with E-state index in [4.69, 9.17) is 9.47 Å². The van der Waals surface area contributed by atoms with Crippen molar-refractivity contribution in [3.8, 4) is 0 Å². The van der Waals surface area contributed by atoms with Crippen LogP contribution in [0.1, 0.15) is 51.4 Å². The minimum Gasteiger partial charge on any atom is -0.492 e. The lowest BCUT2D eigenvalue weighted by atomic mass is 9.79.